The lowest BCUT2D eigenvalue weighted by Gasteiger charge is -2.02. The van der Waals surface area contributed by atoms with Crippen LogP contribution in [0.25, 0.3) is 0 Å². The van der Waals surface area contributed by atoms with Crippen LogP contribution >= 0.6 is 0 Å². The van der Waals surface area contributed by atoms with Crippen molar-refractivity contribution in [1.29, 1.82) is 0 Å². The molecule has 0 fully saturated rings. The summed E-state index contributed by atoms with van der Waals surface area (Å²) in [5, 5.41) is 0. The minimum absolute atomic E-state index is 0.194. The summed E-state index contributed by atoms with van der Waals surface area (Å²) in [6.45, 7) is 0. The largest absolute Gasteiger partial charge is 0.303 e. The van der Waals surface area contributed by atoms with Gasteiger partial charge in [-0.1, -0.05) is 32.1 Å². The minimum atomic E-state index is 0.194. The Labute approximate surface area is 115 Å². The highest BCUT2D eigenvalue weighted by atomic mass is 16.1. The normalized spacial score (nSPS) is 10.3. The molecule has 1 heterocycles. The molecule has 0 N–H and O–H groups in total. The lowest BCUT2D eigenvalue weighted by molar-refractivity contribution is -0.107. The Kier molecular flexibility index (Phi) is 8.52. The Bertz CT molecular complexity index is 362. The average Bonchev–Trinajstić information content (AvgIpc) is 2.46. The van der Waals surface area contributed by atoms with E-state index in [1.807, 2.05) is 6.07 Å². The van der Waals surface area contributed by atoms with Gasteiger partial charge in [-0.25, -0.2) is 0 Å². The van der Waals surface area contributed by atoms with Crippen molar-refractivity contribution in [3.05, 3.63) is 30.1 Å². The van der Waals surface area contributed by atoms with Crippen molar-refractivity contribution in [2.75, 3.05) is 0 Å². The van der Waals surface area contributed by atoms with Gasteiger partial charge in [-0.3, -0.25) is 9.78 Å². The van der Waals surface area contributed by atoms with Crippen molar-refractivity contribution in [3.8, 4) is 0 Å². The molecule has 0 saturated carbocycles. The van der Waals surface area contributed by atoms with Gasteiger partial charge in [0.2, 0.25) is 0 Å². The van der Waals surface area contributed by atoms with Crippen LogP contribution in [0.4, 0.5) is 0 Å². The molecule has 3 nitrogen and oxygen atoms in total. The van der Waals surface area contributed by atoms with Gasteiger partial charge in [0.15, 0.2) is 5.78 Å². The molecule has 3 heteroatoms. The topological polar surface area (TPSA) is 47.0 Å². The van der Waals surface area contributed by atoms with Gasteiger partial charge in [-0.05, 0) is 25.0 Å². The Hall–Kier alpha value is -1.51. The SMILES string of the molecule is O=CCCCCCCCCCC(=O)c1cccnc1. The number of aromatic nitrogens is 1. The van der Waals surface area contributed by atoms with Crippen molar-refractivity contribution in [3.63, 3.8) is 0 Å². The van der Waals surface area contributed by atoms with Gasteiger partial charge in [0.1, 0.15) is 6.29 Å². The molecule has 0 spiro atoms. The van der Waals surface area contributed by atoms with Crippen LogP contribution in [-0.4, -0.2) is 17.1 Å². The van der Waals surface area contributed by atoms with Crippen molar-refractivity contribution < 1.29 is 9.59 Å². The maximum atomic E-state index is 11.8. The third kappa shape index (κ3) is 7.50. The fraction of sp³-hybridized carbons (Fsp3) is 0.562. The first-order valence-corrected chi connectivity index (χ1v) is 7.21. The first-order chi connectivity index (χ1) is 9.34. The van der Waals surface area contributed by atoms with Crippen LogP contribution in [-0.2, 0) is 4.79 Å². The van der Waals surface area contributed by atoms with Gasteiger partial charge in [0.05, 0.1) is 0 Å². The molecule has 1 aromatic heterocycles. The van der Waals surface area contributed by atoms with Crippen molar-refractivity contribution in [2.24, 2.45) is 0 Å². The summed E-state index contributed by atoms with van der Waals surface area (Å²) in [5.74, 6) is 0.194. The van der Waals surface area contributed by atoms with Crippen LogP contribution < -0.4 is 0 Å². The second-order valence-corrected chi connectivity index (χ2v) is 4.85. The molecule has 0 unspecified atom stereocenters. The molecular weight excluding hydrogens is 238 g/mol. The molecule has 0 bridgehead atoms. The third-order valence-corrected chi connectivity index (χ3v) is 3.21. The number of nitrogens with zero attached hydrogens (tertiary/aromatic N) is 1. The lowest BCUT2D eigenvalue weighted by Crippen LogP contribution is -1.99. The highest BCUT2D eigenvalue weighted by molar-refractivity contribution is 5.95. The van der Waals surface area contributed by atoms with E-state index in [9.17, 15) is 9.59 Å². The summed E-state index contributed by atoms with van der Waals surface area (Å²) in [7, 11) is 0. The maximum Gasteiger partial charge on any atom is 0.164 e. The van der Waals surface area contributed by atoms with E-state index in [0.717, 1.165) is 37.5 Å². The molecule has 0 amide bonds. The van der Waals surface area contributed by atoms with Gasteiger partial charge in [-0.2, -0.15) is 0 Å². The molecule has 0 aromatic carbocycles. The lowest BCUT2D eigenvalue weighted by atomic mass is 10.0. The predicted molar refractivity (Wildman–Crippen MR) is 76.2 cm³/mol. The number of hydrogen-bond donors (Lipinski definition) is 0. The number of pyridine rings is 1. The first-order valence-electron chi connectivity index (χ1n) is 7.21. The number of rotatable bonds is 11. The standard InChI is InChI=1S/C16H23NO2/c18-13-8-6-4-2-1-3-5-7-11-16(19)15-10-9-12-17-14-15/h9-10,12-14H,1-8,11H2. The smallest absolute Gasteiger partial charge is 0.164 e. The number of carbonyl (C=O) groups excluding carboxylic acids is 2. The van der Waals surface area contributed by atoms with Crippen LogP contribution in [0.1, 0.15) is 68.1 Å². The fourth-order valence-electron chi connectivity index (χ4n) is 2.07. The highest BCUT2D eigenvalue weighted by Crippen LogP contribution is 2.11. The maximum absolute atomic E-state index is 11.8. The van der Waals surface area contributed by atoms with E-state index in [-0.39, 0.29) is 5.78 Å². The number of carbonyl (C=O) groups is 2. The monoisotopic (exact) mass is 261 g/mol. The molecule has 19 heavy (non-hydrogen) atoms. The van der Waals surface area contributed by atoms with Crippen LogP contribution in [0.2, 0.25) is 0 Å². The summed E-state index contributed by atoms with van der Waals surface area (Å²) < 4.78 is 0. The number of ketones is 1. The molecule has 1 aromatic rings. The average molecular weight is 261 g/mol. The number of unbranched alkanes of at least 4 members (excludes halogenated alkanes) is 7. The fourth-order valence-corrected chi connectivity index (χ4v) is 2.07. The zero-order valence-corrected chi connectivity index (χ0v) is 11.5. The molecule has 1 rings (SSSR count). The van der Waals surface area contributed by atoms with E-state index >= 15 is 0 Å². The number of Topliss-reactive ketones (excluding diaryl/α,β-unsaturated/α-hetero) is 1. The van der Waals surface area contributed by atoms with E-state index in [1.54, 1.807) is 18.5 Å². The number of aldehydes is 1. The molecular formula is C16H23NO2. The van der Waals surface area contributed by atoms with Crippen LogP contribution in [0.3, 0.4) is 0 Å². The second-order valence-electron chi connectivity index (χ2n) is 4.85. The van der Waals surface area contributed by atoms with E-state index in [1.165, 1.54) is 19.3 Å². The van der Waals surface area contributed by atoms with Crippen molar-refractivity contribution >= 4 is 12.1 Å². The molecule has 0 radical (unpaired) electrons. The summed E-state index contributed by atoms with van der Waals surface area (Å²) >= 11 is 0. The van der Waals surface area contributed by atoms with Crippen molar-refractivity contribution in [2.45, 2.75) is 57.8 Å². The third-order valence-electron chi connectivity index (χ3n) is 3.21. The molecule has 0 atom stereocenters. The van der Waals surface area contributed by atoms with Gasteiger partial charge in [0, 0.05) is 30.8 Å². The van der Waals surface area contributed by atoms with Gasteiger partial charge >= 0.3 is 0 Å². The molecule has 0 aliphatic carbocycles. The summed E-state index contributed by atoms with van der Waals surface area (Å²) in [6.07, 6.45) is 13.4. The quantitative estimate of drug-likeness (QED) is 0.344. The highest BCUT2D eigenvalue weighted by Gasteiger charge is 2.04. The molecule has 0 saturated heterocycles. The molecule has 0 aliphatic heterocycles. The summed E-state index contributed by atoms with van der Waals surface area (Å²) in [4.78, 5) is 25.9. The first kappa shape index (κ1) is 15.5. The number of hydrogen-bond acceptors (Lipinski definition) is 3. The Morgan fingerprint density at radius 3 is 2.37 bits per heavy atom. The van der Waals surface area contributed by atoms with Gasteiger partial charge in [-0.15, -0.1) is 0 Å². The summed E-state index contributed by atoms with van der Waals surface area (Å²) in [5.41, 5.74) is 0.719. The van der Waals surface area contributed by atoms with E-state index in [4.69, 9.17) is 0 Å². The molecule has 104 valence electrons. The van der Waals surface area contributed by atoms with Crippen molar-refractivity contribution in [1.82, 2.24) is 4.98 Å². The Morgan fingerprint density at radius 1 is 1.05 bits per heavy atom. The minimum Gasteiger partial charge on any atom is -0.303 e. The van der Waals surface area contributed by atoms with E-state index in [2.05, 4.69) is 4.98 Å². The van der Waals surface area contributed by atoms with Crippen LogP contribution in [0.15, 0.2) is 24.5 Å². The zero-order chi connectivity index (χ0) is 13.8. The van der Waals surface area contributed by atoms with Crippen LogP contribution in [0, 0.1) is 0 Å². The zero-order valence-electron chi connectivity index (χ0n) is 11.5. The van der Waals surface area contributed by atoms with E-state index in [0.29, 0.717) is 12.8 Å². The molecule has 0 aliphatic rings. The second kappa shape index (κ2) is 10.4. The Morgan fingerprint density at radius 2 is 1.74 bits per heavy atom. The van der Waals surface area contributed by atoms with Gasteiger partial charge < -0.3 is 4.79 Å². The van der Waals surface area contributed by atoms with Crippen LogP contribution in [0.5, 0.6) is 0 Å². The van der Waals surface area contributed by atoms with E-state index < -0.39 is 0 Å². The predicted octanol–water partition coefficient (Wildman–Crippen LogP) is 3.97. The summed E-state index contributed by atoms with van der Waals surface area (Å²) in [6, 6.07) is 3.62. The Balaban J connectivity index is 1.96. The van der Waals surface area contributed by atoms with Gasteiger partial charge in [0.25, 0.3) is 0 Å².